The second kappa shape index (κ2) is 7.26. The Bertz CT molecular complexity index is 492. The third kappa shape index (κ3) is 3.74. The van der Waals surface area contributed by atoms with Gasteiger partial charge >= 0.3 is 0 Å². The van der Waals surface area contributed by atoms with E-state index in [-0.39, 0.29) is 0 Å². The average Bonchev–Trinajstić information content (AvgIpc) is 2.99. The summed E-state index contributed by atoms with van der Waals surface area (Å²) in [5.41, 5.74) is 1.31. The van der Waals surface area contributed by atoms with Crippen molar-refractivity contribution < 1.29 is 9.47 Å². The van der Waals surface area contributed by atoms with Gasteiger partial charge < -0.3 is 9.47 Å². The fourth-order valence-electron chi connectivity index (χ4n) is 4.22. The number of hydrogen-bond acceptors (Lipinski definition) is 5. The molecular formula is C18H27N3O2. The van der Waals surface area contributed by atoms with E-state index >= 15 is 0 Å². The monoisotopic (exact) mass is 317 g/mol. The first-order chi connectivity index (χ1) is 11.4. The third-order valence-electron chi connectivity index (χ3n) is 5.56. The molecule has 4 rings (SSSR count). The first kappa shape index (κ1) is 15.5. The van der Waals surface area contributed by atoms with Crippen molar-refractivity contribution in [2.75, 3.05) is 52.5 Å². The van der Waals surface area contributed by atoms with Crippen molar-refractivity contribution in [3.8, 4) is 0 Å². The van der Waals surface area contributed by atoms with E-state index in [1.165, 1.54) is 18.5 Å². The van der Waals surface area contributed by atoms with Gasteiger partial charge in [0.05, 0.1) is 25.9 Å². The molecule has 0 saturated carbocycles. The molecule has 0 unspecified atom stereocenters. The largest absolute Gasteiger partial charge is 0.379 e. The molecule has 0 N–H and O–H groups in total. The Labute approximate surface area is 138 Å². The predicted octanol–water partition coefficient (Wildman–Crippen LogP) is 1.25. The van der Waals surface area contributed by atoms with Gasteiger partial charge in [-0.2, -0.15) is 0 Å². The van der Waals surface area contributed by atoms with Crippen LogP contribution in [0.5, 0.6) is 0 Å². The van der Waals surface area contributed by atoms with Crippen LogP contribution in [0, 0.1) is 11.8 Å². The molecule has 0 radical (unpaired) electrons. The maximum absolute atomic E-state index is 6.18. The van der Waals surface area contributed by atoms with Gasteiger partial charge in [0.2, 0.25) is 0 Å². The average molecular weight is 317 g/mol. The Balaban J connectivity index is 1.35. The van der Waals surface area contributed by atoms with Crippen LogP contribution in [-0.2, 0) is 16.0 Å². The summed E-state index contributed by atoms with van der Waals surface area (Å²) in [6.45, 7) is 9.24. The number of likely N-dealkylation sites (tertiary alicyclic amines) is 1. The summed E-state index contributed by atoms with van der Waals surface area (Å²) in [6, 6.07) is 4.21. The molecule has 3 aliphatic heterocycles. The van der Waals surface area contributed by atoms with Crippen molar-refractivity contribution >= 4 is 0 Å². The fraction of sp³-hybridized carbons (Fsp3) is 0.722. The third-order valence-corrected chi connectivity index (χ3v) is 5.56. The fourth-order valence-corrected chi connectivity index (χ4v) is 4.22. The molecule has 3 aliphatic rings. The van der Waals surface area contributed by atoms with E-state index in [2.05, 4.69) is 20.9 Å². The van der Waals surface area contributed by atoms with Crippen molar-refractivity contribution in [1.29, 1.82) is 0 Å². The highest BCUT2D eigenvalue weighted by Crippen LogP contribution is 2.35. The highest BCUT2D eigenvalue weighted by atomic mass is 16.5. The van der Waals surface area contributed by atoms with Crippen molar-refractivity contribution in [3.63, 3.8) is 0 Å². The first-order valence-corrected chi connectivity index (χ1v) is 8.91. The molecule has 126 valence electrons. The number of aromatic nitrogens is 1. The first-order valence-electron chi connectivity index (χ1n) is 8.91. The van der Waals surface area contributed by atoms with Crippen LogP contribution in [0.2, 0.25) is 0 Å². The lowest BCUT2D eigenvalue weighted by Crippen LogP contribution is -2.47. The molecular weight excluding hydrogens is 290 g/mol. The normalized spacial score (nSPS) is 32.8. The van der Waals surface area contributed by atoms with E-state index < -0.39 is 0 Å². The summed E-state index contributed by atoms with van der Waals surface area (Å²) in [7, 11) is 0. The lowest BCUT2D eigenvalue weighted by atomic mass is 9.84. The number of rotatable bonds is 4. The van der Waals surface area contributed by atoms with Crippen LogP contribution >= 0.6 is 0 Å². The van der Waals surface area contributed by atoms with Crippen LogP contribution in [0.3, 0.4) is 0 Å². The molecule has 3 fully saturated rings. The van der Waals surface area contributed by atoms with Gasteiger partial charge in [0, 0.05) is 51.0 Å². The summed E-state index contributed by atoms with van der Waals surface area (Å²) in [5, 5.41) is 0. The summed E-state index contributed by atoms with van der Waals surface area (Å²) in [5.74, 6) is 1.44. The second-order valence-corrected chi connectivity index (χ2v) is 7.09. The molecule has 4 heterocycles. The molecule has 0 bridgehead atoms. The SMILES string of the molecule is c1cncc(CN2CC[C@H]3CO[C@H](CN4CCOCC4)[C@H]3C2)c1. The standard InChI is InChI=1S/C18H27N3O2/c1-2-15(10-19-4-1)11-21-5-3-16-14-23-18(17(16)12-21)13-20-6-8-22-9-7-20/h1-2,4,10,16-18H,3,5-9,11-14H2/t16-,17-,18+/m0/s1. The lowest BCUT2D eigenvalue weighted by molar-refractivity contribution is -0.00494. The van der Waals surface area contributed by atoms with Gasteiger partial charge in [0.1, 0.15) is 0 Å². The Kier molecular flexibility index (Phi) is 4.90. The molecule has 3 saturated heterocycles. The maximum Gasteiger partial charge on any atom is 0.0745 e. The molecule has 0 amide bonds. The summed E-state index contributed by atoms with van der Waals surface area (Å²) in [4.78, 5) is 9.33. The summed E-state index contributed by atoms with van der Waals surface area (Å²) < 4.78 is 11.6. The molecule has 5 nitrogen and oxygen atoms in total. The van der Waals surface area contributed by atoms with Gasteiger partial charge in [-0.15, -0.1) is 0 Å². The van der Waals surface area contributed by atoms with E-state index in [4.69, 9.17) is 9.47 Å². The van der Waals surface area contributed by atoms with Gasteiger partial charge in [0.15, 0.2) is 0 Å². The minimum Gasteiger partial charge on any atom is -0.379 e. The zero-order valence-corrected chi connectivity index (χ0v) is 13.8. The van der Waals surface area contributed by atoms with Crippen LogP contribution in [0.1, 0.15) is 12.0 Å². The molecule has 0 aliphatic carbocycles. The van der Waals surface area contributed by atoms with E-state index in [1.54, 1.807) is 0 Å². The van der Waals surface area contributed by atoms with Gasteiger partial charge in [-0.25, -0.2) is 0 Å². The van der Waals surface area contributed by atoms with Crippen molar-refractivity contribution in [1.82, 2.24) is 14.8 Å². The molecule has 5 heteroatoms. The summed E-state index contributed by atoms with van der Waals surface area (Å²) >= 11 is 0. The van der Waals surface area contributed by atoms with Gasteiger partial charge in [0.25, 0.3) is 0 Å². The minimum atomic E-state index is 0.398. The molecule has 0 aromatic carbocycles. The highest BCUT2D eigenvalue weighted by Gasteiger charge is 2.41. The van der Waals surface area contributed by atoms with Crippen molar-refractivity contribution in [3.05, 3.63) is 30.1 Å². The van der Waals surface area contributed by atoms with Crippen molar-refractivity contribution in [2.24, 2.45) is 11.8 Å². The zero-order valence-electron chi connectivity index (χ0n) is 13.8. The van der Waals surface area contributed by atoms with Gasteiger partial charge in [-0.1, -0.05) is 6.07 Å². The van der Waals surface area contributed by atoms with E-state index in [0.29, 0.717) is 12.0 Å². The zero-order chi connectivity index (χ0) is 15.5. The molecule has 23 heavy (non-hydrogen) atoms. The molecule has 3 atom stereocenters. The quantitative estimate of drug-likeness (QED) is 0.836. The molecule has 0 spiro atoms. The number of piperidine rings is 1. The number of morpholine rings is 1. The van der Waals surface area contributed by atoms with Crippen molar-refractivity contribution in [2.45, 2.75) is 19.1 Å². The van der Waals surface area contributed by atoms with Crippen LogP contribution in [0.25, 0.3) is 0 Å². The number of nitrogens with zero attached hydrogens (tertiary/aromatic N) is 3. The maximum atomic E-state index is 6.18. The van der Waals surface area contributed by atoms with Gasteiger partial charge in [-0.05, 0) is 30.5 Å². The Morgan fingerprint density at radius 1 is 1.17 bits per heavy atom. The van der Waals surface area contributed by atoms with Gasteiger partial charge in [-0.3, -0.25) is 14.8 Å². The summed E-state index contributed by atoms with van der Waals surface area (Å²) in [6.07, 6.45) is 5.50. The van der Waals surface area contributed by atoms with Crippen LogP contribution in [-0.4, -0.2) is 73.4 Å². The number of fused-ring (bicyclic) bond motifs is 1. The molecule has 1 aromatic heterocycles. The van der Waals surface area contributed by atoms with E-state index in [9.17, 15) is 0 Å². The Hall–Kier alpha value is -1.01. The van der Waals surface area contributed by atoms with Crippen LogP contribution < -0.4 is 0 Å². The Morgan fingerprint density at radius 3 is 2.91 bits per heavy atom. The van der Waals surface area contributed by atoms with Crippen LogP contribution in [0.4, 0.5) is 0 Å². The smallest absolute Gasteiger partial charge is 0.0745 e. The topological polar surface area (TPSA) is 37.8 Å². The van der Waals surface area contributed by atoms with Crippen LogP contribution in [0.15, 0.2) is 24.5 Å². The lowest BCUT2D eigenvalue weighted by Gasteiger charge is -2.37. The number of hydrogen-bond donors (Lipinski definition) is 0. The number of pyridine rings is 1. The number of ether oxygens (including phenoxy) is 2. The molecule has 1 aromatic rings. The highest BCUT2D eigenvalue weighted by molar-refractivity contribution is 5.08. The second-order valence-electron chi connectivity index (χ2n) is 7.09. The van der Waals surface area contributed by atoms with E-state index in [1.807, 2.05) is 18.5 Å². The Morgan fingerprint density at radius 2 is 2.09 bits per heavy atom. The predicted molar refractivity (Wildman–Crippen MR) is 88.1 cm³/mol. The minimum absolute atomic E-state index is 0.398. The van der Waals surface area contributed by atoms with E-state index in [0.717, 1.165) is 58.5 Å².